The Balaban J connectivity index is 2.31. The molecule has 0 aliphatic heterocycles. The molecule has 0 saturated heterocycles. The second kappa shape index (κ2) is 4.31. The number of nitrogens with two attached hydrogens (primary N) is 1. The van der Waals surface area contributed by atoms with Gasteiger partial charge in [-0.25, -0.2) is 4.68 Å². The van der Waals surface area contributed by atoms with Crippen LogP contribution < -0.4 is 5.73 Å². The van der Waals surface area contributed by atoms with Gasteiger partial charge in [-0.15, -0.1) is 0 Å². The lowest BCUT2D eigenvalue weighted by molar-refractivity contribution is 0.242. The number of aryl methyl sites for hydroxylation is 1. The first kappa shape index (κ1) is 11.2. The van der Waals surface area contributed by atoms with E-state index in [1.165, 1.54) is 25.7 Å². The van der Waals surface area contributed by atoms with E-state index in [1.54, 1.807) is 0 Å². The highest BCUT2D eigenvalue weighted by molar-refractivity contribution is 14.1. The molecule has 0 spiro atoms. The largest absolute Gasteiger partial charge is 0.383 e. The van der Waals surface area contributed by atoms with Gasteiger partial charge in [0.05, 0.1) is 15.3 Å². The molecule has 1 heterocycles. The van der Waals surface area contributed by atoms with Gasteiger partial charge in [-0.05, 0) is 48.3 Å². The molecule has 0 amide bonds. The van der Waals surface area contributed by atoms with E-state index in [2.05, 4.69) is 39.3 Å². The van der Waals surface area contributed by atoms with Gasteiger partial charge < -0.3 is 5.73 Å². The van der Waals surface area contributed by atoms with Crippen LogP contribution >= 0.6 is 22.6 Å². The van der Waals surface area contributed by atoms with Crippen LogP contribution in [0.15, 0.2) is 0 Å². The van der Waals surface area contributed by atoms with E-state index in [9.17, 15) is 0 Å². The van der Waals surface area contributed by atoms with Crippen molar-refractivity contribution in [2.45, 2.75) is 45.6 Å². The van der Waals surface area contributed by atoms with Crippen molar-refractivity contribution in [2.24, 2.45) is 5.92 Å². The van der Waals surface area contributed by atoms with Gasteiger partial charge in [0.15, 0.2) is 0 Å². The predicted molar refractivity (Wildman–Crippen MR) is 70.8 cm³/mol. The third kappa shape index (κ3) is 2.00. The fourth-order valence-corrected chi connectivity index (χ4v) is 2.81. The van der Waals surface area contributed by atoms with Crippen molar-refractivity contribution < 1.29 is 0 Å². The molecule has 4 heteroatoms. The molecular formula is C11H18IN3. The fourth-order valence-electron chi connectivity index (χ4n) is 2.46. The number of aromatic nitrogens is 2. The van der Waals surface area contributed by atoms with Crippen molar-refractivity contribution in [1.82, 2.24) is 9.78 Å². The number of nitrogens with zero attached hydrogens (tertiary/aromatic N) is 2. The number of hydrogen-bond acceptors (Lipinski definition) is 2. The van der Waals surface area contributed by atoms with Crippen LogP contribution in [-0.4, -0.2) is 9.78 Å². The van der Waals surface area contributed by atoms with Crippen molar-refractivity contribution in [3.05, 3.63) is 9.26 Å². The Kier molecular flexibility index (Phi) is 3.23. The van der Waals surface area contributed by atoms with Crippen molar-refractivity contribution >= 4 is 28.4 Å². The first-order chi connectivity index (χ1) is 7.11. The van der Waals surface area contributed by atoms with Gasteiger partial charge in [0.2, 0.25) is 0 Å². The highest BCUT2D eigenvalue weighted by Crippen LogP contribution is 2.35. The lowest BCUT2D eigenvalue weighted by Crippen LogP contribution is -2.23. The van der Waals surface area contributed by atoms with Gasteiger partial charge >= 0.3 is 0 Å². The van der Waals surface area contributed by atoms with Crippen molar-refractivity contribution in [2.75, 3.05) is 5.73 Å². The zero-order chi connectivity index (χ0) is 11.0. The summed E-state index contributed by atoms with van der Waals surface area (Å²) < 4.78 is 3.17. The summed E-state index contributed by atoms with van der Waals surface area (Å²) in [6.45, 7) is 4.34. The second-order valence-electron chi connectivity index (χ2n) is 4.56. The Morgan fingerprint density at radius 1 is 1.40 bits per heavy atom. The van der Waals surface area contributed by atoms with Gasteiger partial charge in [-0.1, -0.05) is 19.8 Å². The highest BCUT2D eigenvalue weighted by Gasteiger charge is 2.26. The SMILES string of the molecule is Cc1nn(C2CCCCC2C)c(N)c1I. The summed E-state index contributed by atoms with van der Waals surface area (Å²) in [5.41, 5.74) is 7.15. The van der Waals surface area contributed by atoms with E-state index in [4.69, 9.17) is 5.73 Å². The first-order valence-corrected chi connectivity index (χ1v) is 6.69. The lowest BCUT2D eigenvalue weighted by atomic mass is 9.86. The van der Waals surface area contributed by atoms with Crippen LogP contribution in [0.25, 0.3) is 0 Å². The van der Waals surface area contributed by atoms with Crippen molar-refractivity contribution in [3.8, 4) is 0 Å². The van der Waals surface area contributed by atoms with Crippen LogP contribution in [0.3, 0.4) is 0 Å². The Labute approximate surface area is 105 Å². The van der Waals surface area contributed by atoms with E-state index < -0.39 is 0 Å². The molecule has 1 aliphatic carbocycles. The maximum Gasteiger partial charge on any atom is 0.135 e. The Morgan fingerprint density at radius 2 is 2.07 bits per heavy atom. The van der Waals surface area contributed by atoms with Gasteiger partial charge in [-0.2, -0.15) is 5.10 Å². The monoisotopic (exact) mass is 319 g/mol. The van der Waals surface area contributed by atoms with Gasteiger partial charge in [0.1, 0.15) is 5.82 Å². The van der Waals surface area contributed by atoms with E-state index >= 15 is 0 Å². The quantitative estimate of drug-likeness (QED) is 0.808. The van der Waals surface area contributed by atoms with Crippen molar-refractivity contribution in [3.63, 3.8) is 0 Å². The summed E-state index contributed by atoms with van der Waals surface area (Å²) in [4.78, 5) is 0. The topological polar surface area (TPSA) is 43.8 Å². The lowest BCUT2D eigenvalue weighted by Gasteiger charge is -2.29. The summed E-state index contributed by atoms with van der Waals surface area (Å²) in [6, 6.07) is 0.515. The van der Waals surface area contributed by atoms with Gasteiger partial charge in [0, 0.05) is 0 Å². The first-order valence-electron chi connectivity index (χ1n) is 5.61. The molecule has 1 aliphatic rings. The molecule has 0 radical (unpaired) electrons. The summed E-state index contributed by atoms with van der Waals surface area (Å²) in [6.07, 6.45) is 5.20. The Bertz CT molecular complexity index is 359. The molecule has 2 rings (SSSR count). The summed E-state index contributed by atoms with van der Waals surface area (Å²) in [5, 5.41) is 4.57. The standard InChI is InChI=1S/C11H18IN3/c1-7-5-3-4-6-9(7)15-11(13)10(12)8(2)14-15/h7,9H,3-6,13H2,1-2H3. The molecule has 0 aromatic carbocycles. The molecular weight excluding hydrogens is 301 g/mol. The predicted octanol–water partition coefficient (Wildman–Crippen LogP) is 3.13. The Morgan fingerprint density at radius 3 is 2.60 bits per heavy atom. The smallest absolute Gasteiger partial charge is 0.135 e. The van der Waals surface area contributed by atoms with Gasteiger partial charge in [0.25, 0.3) is 0 Å². The number of hydrogen-bond donors (Lipinski definition) is 1. The molecule has 1 saturated carbocycles. The molecule has 1 fully saturated rings. The summed E-state index contributed by atoms with van der Waals surface area (Å²) in [5.74, 6) is 1.56. The normalized spacial score (nSPS) is 26.9. The number of rotatable bonds is 1. The molecule has 2 N–H and O–H groups in total. The van der Waals surface area contributed by atoms with Crippen LogP contribution in [0.4, 0.5) is 5.82 Å². The average Bonchev–Trinajstić information content (AvgIpc) is 2.47. The molecule has 3 nitrogen and oxygen atoms in total. The summed E-state index contributed by atoms with van der Waals surface area (Å²) >= 11 is 2.28. The molecule has 2 atom stereocenters. The minimum Gasteiger partial charge on any atom is -0.383 e. The maximum atomic E-state index is 6.09. The minimum atomic E-state index is 0.515. The maximum absolute atomic E-state index is 6.09. The molecule has 1 aromatic rings. The molecule has 84 valence electrons. The van der Waals surface area contributed by atoms with E-state index in [1.807, 2.05) is 6.92 Å². The van der Waals surface area contributed by atoms with E-state index in [-0.39, 0.29) is 0 Å². The third-order valence-electron chi connectivity index (χ3n) is 3.43. The average molecular weight is 319 g/mol. The second-order valence-corrected chi connectivity index (χ2v) is 5.64. The third-order valence-corrected chi connectivity index (χ3v) is 4.76. The van der Waals surface area contributed by atoms with Crippen LogP contribution in [0.5, 0.6) is 0 Å². The highest BCUT2D eigenvalue weighted by atomic mass is 127. The zero-order valence-electron chi connectivity index (χ0n) is 9.33. The zero-order valence-corrected chi connectivity index (χ0v) is 11.5. The van der Waals surface area contributed by atoms with Crippen LogP contribution in [0.1, 0.15) is 44.3 Å². The number of anilines is 1. The summed E-state index contributed by atoms with van der Waals surface area (Å²) in [7, 11) is 0. The molecule has 0 bridgehead atoms. The van der Waals surface area contributed by atoms with Crippen LogP contribution in [-0.2, 0) is 0 Å². The molecule has 1 aromatic heterocycles. The Hall–Kier alpha value is -0.260. The number of halogens is 1. The fraction of sp³-hybridized carbons (Fsp3) is 0.727. The van der Waals surface area contributed by atoms with Gasteiger partial charge in [-0.3, -0.25) is 0 Å². The number of nitrogen functional groups attached to an aromatic ring is 1. The van der Waals surface area contributed by atoms with Crippen LogP contribution in [0.2, 0.25) is 0 Å². The van der Waals surface area contributed by atoms with E-state index in [0.29, 0.717) is 12.0 Å². The van der Waals surface area contributed by atoms with Crippen molar-refractivity contribution in [1.29, 1.82) is 0 Å². The minimum absolute atomic E-state index is 0.515. The molecule has 2 unspecified atom stereocenters. The van der Waals surface area contributed by atoms with E-state index in [0.717, 1.165) is 15.1 Å². The van der Waals surface area contributed by atoms with Crippen LogP contribution in [0, 0.1) is 16.4 Å². The molecule has 15 heavy (non-hydrogen) atoms.